The number of rotatable bonds is 2. The lowest BCUT2D eigenvalue weighted by Crippen LogP contribution is -1.92. The van der Waals surface area contributed by atoms with E-state index in [2.05, 4.69) is 11.8 Å². The molecule has 19 heavy (non-hydrogen) atoms. The van der Waals surface area contributed by atoms with Crippen molar-refractivity contribution < 1.29 is 9.15 Å². The fourth-order valence-corrected chi connectivity index (χ4v) is 1.63. The molecule has 0 radical (unpaired) electrons. The summed E-state index contributed by atoms with van der Waals surface area (Å²) in [5.74, 6) is 0.776. The van der Waals surface area contributed by atoms with Crippen molar-refractivity contribution in [2.45, 2.75) is 27.7 Å². The van der Waals surface area contributed by atoms with Crippen LogP contribution in [-0.2, 0) is 0 Å². The van der Waals surface area contributed by atoms with Crippen LogP contribution in [0.25, 0.3) is 11.0 Å². The zero-order chi connectivity index (χ0) is 14.8. The smallest absolute Gasteiger partial charge is 0.155 e. The Labute approximate surface area is 114 Å². The third-order valence-corrected chi connectivity index (χ3v) is 2.29. The lowest BCUT2D eigenvalue weighted by Gasteiger charge is -2.04. The number of fused-ring (bicyclic) bond motifs is 1. The van der Waals surface area contributed by atoms with Gasteiger partial charge in [0.25, 0.3) is 0 Å². The number of furan rings is 1. The maximum Gasteiger partial charge on any atom is 0.155 e. The SMILES string of the molecule is CC.CCOc1ccc(C#N)c2occ(C)c12.CN. The second-order valence-electron chi connectivity index (χ2n) is 3.28. The first-order valence-electron chi connectivity index (χ1n) is 6.39. The molecule has 0 unspecified atom stereocenters. The predicted octanol–water partition coefficient (Wildman–Crippen LogP) is 3.61. The fraction of sp³-hybridized carbons (Fsp3) is 0.400. The number of nitrogens with zero attached hydrogens (tertiary/aromatic N) is 1. The summed E-state index contributed by atoms with van der Waals surface area (Å²) in [6, 6.07) is 5.63. The first-order chi connectivity index (χ1) is 9.27. The lowest BCUT2D eigenvalue weighted by molar-refractivity contribution is 0.344. The van der Waals surface area contributed by atoms with Gasteiger partial charge in [0.15, 0.2) is 5.58 Å². The molecule has 1 aromatic heterocycles. The Kier molecular flexibility index (Phi) is 8.07. The van der Waals surface area contributed by atoms with Gasteiger partial charge in [-0.05, 0) is 38.6 Å². The first kappa shape index (κ1) is 17.0. The van der Waals surface area contributed by atoms with E-state index in [0.717, 1.165) is 16.7 Å². The number of benzene rings is 1. The van der Waals surface area contributed by atoms with Crippen LogP contribution >= 0.6 is 0 Å². The molecule has 104 valence electrons. The van der Waals surface area contributed by atoms with Crippen molar-refractivity contribution in [1.29, 1.82) is 5.26 Å². The quantitative estimate of drug-likeness (QED) is 0.897. The summed E-state index contributed by atoms with van der Waals surface area (Å²) in [6.45, 7) is 8.47. The van der Waals surface area contributed by atoms with Crippen molar-refractivity contribution in [3.05, 3.63) is 29.5 Å². The Balaban J connectivity index is 0.000000741. The molecular formula is C15H22N2O2. The Hall–Kier alpha value is -1.99. The largest absolute Gasteiger partial charge is 0.493 e. The Morgan fingerprint density at radius 1 is 1.32 bits per heavy atom. The number of hydrogen-bond acceptors (Lipinski definition) is 4. The summed E-state index contributed by atoms with van der Waals surface area (Å²) in [5, 5.41) is 9.81. The van der Waals surface area contributed by atoms with Crippen LogP contribution in [-0.4, -0.2) is 13.7 Å². The molecule has 0 amide bonds. The normalized spacial score (nSPS) is 8.68. The third-order valence-electron chi connectivity index (χ3n) is 2.29. The van der Waals surface area contributed by atoms with Crippen LogP contribution in [0.2, 0.25) is 0 Å². The highest BCUT2D eigenvalue weighted by molar-refractivity contribution is 5.91. The molecule has 0 atom stereocenters. The van der Waals surface area contributed by atoms with Gasteiger partial charge in [0.2, 0.25) is 0 Å². The molecule has 0 saturated heterocycles. The van der Waals surface area contributed by atoms with E-state index in [1.807, 2.05) is 33.8 Å². The van der Waals surface area contributed by atoms with Gasteiger partial charge in [-0.1, -0.05) is 13.8 Å². The topological polar surface area (TPSA) is 72.2 Å². The highest BCUT2D eigenvalue weighted by atomic mass is 16.5. The van der Waals surface area contributed by atoms with Crippen molar-refractivity contribution in [2.75, 3.05) is 13.7 Å². The molecule has 0 bridgehead atoms. The Morgan fingerprint density at radius 2 is 1.95 bits per heavy atom. The van der Waals surface area contributed by atoms with Crippen molar-refractivity contribution in [2.24, 2.45) is 5.73 Å². The molecule has 0 aliphatic heterocycles. The minimum Gasteiger partial charge on any atom is -0.493 e. The van der Waals surface area contributed by atoms with Crippen LogP contribution in [0.5, 0.6) is 5.75 Å². The number of nitriles is 1. The van der Waals surface area contributed by atoms with Gasteiger partial charge in [0.1, 0.15) is 11.8 Å². The summed E-state index contributed by atoms with van der Waals surface area (Å²) in [5.41, 5.74) is 6.65. The van der Waals surface area contributed by atoms with Gasteiger partial charge in [-0.25, -0.2) is 0 Å². The second-order valence-corrected chi connectivity index (χ2v) is 3.28. The number of hydrogen-bond donors (Lipinski definition) is 1. The number of ether oxygens (including phenoxy) is 1. The summed E-state index contributed by atoms with van der Waals surface area (Å²) < 4.78 is 10.8. The monoisotopic (exact) mass is 262 g/mol. The standard InChI is InChI=1S/C12H11NO2.C2H6.CH5N/c1-3-14-10-5-4-9(6-13)12-11(10)8(2)7-15-12;2*1-2/h4-5,7H,3H2,1-2H3;1-2H3;2H2,1H3. The third kappa shape index (κ3) is 3.73. The Bertz CT molecular complexity index is 539. The average molecular weight is 262 g/mol. The minimum absolute atomic E-state index is 0.543. The maximum atomic E-state index is 8.91. The fourth-order valence-electron chi connectivity index (χ4n) is 1.63. The molecule has 0 spiro atoms. The summed E-state index contributed by atoms with van der Waals surface area (Å²) >= 11 is 0. The van der Waals surface area contributed by atoms with Crippen molar-refractivity contribution in [3.8, 4) is 11.8 Å². The van der Waals surface area contributed by atoms with E-state index in [0.29, 0.717) is 17.8 Å². The molecule has 2 N–H and O–H groups in total. The highest BCUT2D eigenvalue weighted by Gasteiger charge is 2.12. The van der Waals surface area contributed by atoms with E-state index in [4.69, 9.17) is 14.4 Å². The van der Waals surface area contributed by atoms with E-state index < -0.39 is 0 Å². The molecular weight excluding hydrogens is 240 g/mol. The zero-order valence-electron chi connectivity index (χ0n) is 12.3. The van der Waals surface area contributed by atoms with Gasteiger partial charge in [-0.3, -0.25) is 0 Å². The second kappa shape index (κ2) is 9.01. The van der Waals surface area contributed by atoms with Crippen LogP contribution < -0.4 is 10.5 Å². The van der Waals surface area contributed by atoms with Crippen LogP contribution in [0, 0.1) is 18.3 Å². The molecule has 0 aliphatic rings. The lowest BCUT2D eigenvalue weighted by atomic mass is 10.1. The van der Waals surface area contributed by atoms with Gasteiger partial charge in [0, 0.05) is 0 Å². The van der Waals surface area contributed by atoms with E-state index >= 15 is 0 Å². The molecule has 0 fully saturated rings. The van der Waals surface area contributed by atoms with Crippen LogP contribution in [0.4, 0.5) is 0 Å². The van der Waals surface area contributed by atoms with Crippen LogP contribution in [0.1, 0.15) is 31.9 Å². The van der Waals surface area contributed by atoms with E-state index in [1.165, 1.54) is 7.05 Å². The number of aryl methyl sites for hydroxylation is 1. The Morgan fingerprint density at radius 3 is 2.47 bits per heavy atom. The highest BCUT2D eigenvalue weighted by Crippen LogP contribution is 2.32. The summed E-state index contributed by atoms with van der Waals surface area (Å²) in [6.07, 6.45) is 1.65. The maximum absolute atomic E-state index is 8.91. The van der Waals surface area contributed by atoms with Crippen LogP contribution in [0.3, 0.4) is 0 Å². The zero-order valence-corrected chi connectivity index (χ0v) is 12.3. The summed E-state index contributed by atoms with van der Waals surface area (Å²) in [4.78, 5) is 0. The molecule has 1 aromatic carbocycles. The van der Waals surface area contributed by atoms with Gasteiger partial charge in [0.05, 0.1) is 23.8 Å². The molecule has 4 nitrogen and oxygen atoms in total. The van der Waals surface area contributed by atoms with Gasteiger partial charge < -0.3 is 14.9 Å². The molecule has 0 aliphatic carbocycles. The van der Waals surface area contributed by atoms with Crippen molar-refractivity contribution in [1.82, 2.24) is 0 Å². The van der Waals surface area contributed by atoms with E-state index in [-0.39, 0.29) is 0 Å². The molecule has 2 rings (SSSR count). The molecule has 2 aromatic rings. The summed E-state index contributed by atoms with van der Waals surface area (Å²) in [7, 11) is 1.50. The van der Waals surface area contributed by atoms with Crippen molar-refractivity contribution in [3.63, 3.8) is 0 Å². The van der Waals surface area contributed by atoms with Crippen LogP contribution in [0.15, 0.2) is 22.8 Å². The van der Waals surface area contributed by atoms with Gasteiger partial charge in [-0.2, -0.15) is 5.26 Å². The average Bonchev–Trinajstić information content (AvgIpc) is 2.87. The van der Waals surface area contributed by atoms with Gasteiger partial charge >= 0.3 is 0 Å². The van der Waals surface area contributed by atoms with E-state index in [1.54, 1.807) is 12.3 Å². The molecule has 0 saturated carbocycles. The van der Waals surface area contributed by atoms with E-state index in [9.17, 15) is 0 Å². The molecule has 1 heterocycles. The van der Waals surface area contributed by atoms with Gasteiger partial charge in [-0.15, -0.1) is 0 Å². The molecule has 4 heteroatoms. The first-order valence-corrected chi connectivity index (χ1v) is 6.39. The minimum atomic E-state index is 0.543. The number of nitrogens with two attached hydrogens (primary N) is 1. The predicted molar refractivity (Wildman–Crippen MR) is 78.3 cm³/mol. The van der Waals surface area contributed by atoms with Crippen molar-refractivity contribution >= 4 is 11.0 Å².